The van der Waals surface area contributed by atoms with Crippen molar-refractivity contribution >= 4 is 17.6 Å². The highest BCUT2D eigenvalue weighted by Crippen LogP contribution is 2.28. The van der Waals surface area contributed by atoms with Gasteiger partial charge < -0.3 is 10.2 Å². The zero-order valence-electron chi connectivity index (χ0n) is 12.0. The largest absolute Gasteiger partial charge is 0.360 e. The summed E-state index contributed by atoms with van der Waals surface area (Å²) in [5.41, 5.74) is 2.36. The molecule has 0 unspecified atom stereocenters. The molecular weight excluding hydrogens is 254 g/mol. The fourth-order valence-electron chi connectivity index (χ4n) is 2.53. The zero-order chi connectivity index (χ0) is 14.5. The second-order valence-corrected chi connectivity index (χ2v) is 4.95. The Balaban J connectivity index is 2.08. The summed E-state index contributed by atoms with van der Waals surface area (Å²) in [7, 11) is 0. The number of aryl methyl sites for hydroxylation is 1. The van der Waals surface area contributed by atoms with E-state index in [1.54, 1.807) is 0 Å². The van der Waals surface area contributed by atoms with Gasteiger partial charge in [0.25, 0.3) is 0 Å². The van der Waals surface area contributed by atoms with Crippen LogP contribution in [0.1, 0.15) is 25.8 Å². The average molecular weight is 275 g/mol. The van der Waals surface area contributed by atoms with Gasteiger partial charge in [-0.25, -0.2) is 4.79 Å². The minimum Gasteiger partial charge on any atom is -0.360 e. The summed E-state index contributed by atoms with van der Waals surface area (Å²) < 4.78 is 0. The number of carbonyl (C=O) groups excluding carboxylic acids is 2. The number of anilines is 1. The van der Waals surface area contributed by atoms with Crippen LogP contribution < -0.4 is 15.5 Å². The van der Waals surface area contributed by atoms with E-state index in [1.165, 1.54) is 5.56 Å². The highest BCUT2D eigenvalue weighted by Gasteiger charge is 2.26. The number of hydrogen-bond donors (Lipinski definition) is 2. The number of rotatable bonds is 3. The van der Waals surface area contributed by atoms with Crippen LogP contribution in [-0.2, 0) is 11.2 Å². The van der Waals surface area contributed by atoms with Crippen molar-refractivity contribution < 1.29 is 9.59 Å². The molecule has 20 heavy (non-hydrogen) atoms. The minimum atomic E-state index is -0.436. The molecule has 0 radical (unpaired) electrons. The average Bonchev–Trinajstić information content (AvgIpc) is 2.46. The number of benzene rings is 1. The lowest BCUT2D eigenvalue weighted by atomic mass is 10.00. The Hall–Kier alpha value is -2.04. The molecule has 2 rings (SSSR count). The Morgan fingerprint density at radius 1 is 1.35 bits per heavy atom. The lowest BCUT2D eigenvalue weighted by molar-refractivity contribution is -0.121. The molecule has 0 fully saturated rings. The molecule has 1 aromatic carbocycles. The SMILES string of the molecule is CCNC(=O)NC(=O)[C@H](C)N1CCCc2ccccc21. The van der Waals surface area contributed by atoms with Crippen LogP contribution in [0.4, 0.5) is 10.5 Å². The molecule has 3 amide bonds. The van der Waals surface area contributed by atoms with E-state index in [2.05, 4.69) is 21.6 Å². The van der Waals surface area contributed by atoms with Crippen molar-refractivity contribution in [3.63, 3.8) is 0 Å². The molecule has 5 nitrogen and oxygen atoms in total. The van der Waals surface area contributed by atoms with Gasteiger partial charge in [0.15, 0.2) is 0 Å². The van der Waals surface area contributed by atoms with Crippen molar-refractivity contribution in [1.82, 2.24) is 10.6 Å². The first-order chi connectivity index (χ1) is 9.63. The summed E-state index contributed by atoms with van der Waals surface area (Å²) in [5.74, 6) is -0.271. The first-order valence-electron chi connectivity index (χ1n) is 7.06. The molecule has 0 aliphatic carbocycles. The van der Waals surface area contributed by atoms with E-state index < -0.39 is 6.03 Å². The van der Waals surface area contributed by atoms with Crippen LogP contribution in [-0.4, -0.2) is 31.1 Å². The van der Waals surface area contributed by atoms with E-state index in [0.29, 0.717) is 6.54 Å². The summed E-state index contributed by atoms with van der Waals surface area (Å²) >= 11 is 0. The predicted octanol–water partition coefficient (Wildman–Crippen LogP) is 1.67. The van der Waals surface area contributed by atoms with Crippen LogP contribution in [0.2, 0.25) is 0 Å². The molecule has 1 aliphatic heterocycles. The van der Waals surface area contributed by atoms with Gasteiger partial charge in [-0.15, -0.1) is 0 Å². The second-order valence-electron chi connectivity index (χ2n) is 4.95. The Morgan fingerprint density at radius 2 is 2.10 bits per heavy atom. The number of carbonyl (C=O) groups is 2. The maximum atomic E-state index is 12.1. The van der Waals surface area contributed by atoms with Crippen molar-refractivity contribution in [2.24, 2.45) is 0 Å². The number of nitrogens with one attached hydrogen (secondary N) is 2. The summed E-state index contributed by atoms with van der Waals surface area (Å²) in [5, 5.41) is 4.94. The highest BCUT2D eigenvalue weighted by molar-refractivity contribution is 5.98. The molecule has 1 heterocycles. The standard InChI is InChI=1S/C15H21N3O2/c1-3-16-15(20)17-14(19)11(2)18-10-6-8-12-7-4-5-9-13(12)18/h4-5,7,9,11H,3,6,8,10H2,1-2H3,(H2,16,17,19,20)/t11-/m0/s1. The molecule has 1 aromatic rings. The molecule has 0 saturated carbocycles. The Bertz CT molecular complexity index is 502. The number of nitrogens with zero attached hydrogens (tertiary/aromatic N) is 1. The van der Waals surface area contributed by atoms with Crippen LogP contribution in [0.25, 0.3) is 0 Å². The first-order valence-corrected chi connectivity index (χ1v) is 7.06. The number of para-hydroxylation sites is 1. The summed E-state index contributed by atoms with van der Waals surface area (Å²) in [6.07, 6.45) is 2.06. The molecular formula is C15H21N3O2. The molecule has 0 aromatic heterocycles. The lowest BCUT2D eigenvalue weighted by Gasteiger charge is -2.35. The van der Waals surface area contributed by atoms with Gasteiger partial charge in [0.1, 0.15) is 6.04 Å². The molecule has 108 valence electrons. The zero-order valence-corrected chi connectivity index (χ0v) is 12.0. The smallest absolute Gasteiger partial charge is 0.321 e. The third-order valence-electron chi connectivity index (χ3n) is 3.57. The van der Waals surface area contributed by atoms with Crippen molar-refractivity contribution in [2.45, 2.75) is 32.7 Å². The van der Waals surface area contributed by atoms with Gasteiger partial charge in [-0.3, -0.25) is 10.1 Å². The Morgan fingerprint density at radius 3 is 2.85 bits per heavy atom. The van der Waals surface area contributed by atoms with E-state index in [1.807, 2.05) is 32.0 Å². The molecule has 5 heteroatoms. The van der Waals surface area contributed by atoms with E-state index in [4.69, 9.17) is 0 Å². The van der Waals surface area contributed by atoms with Crippen LogP contribution in [0.3, 0.4) is 0 Å². The summed E-state index contributed by atoms with van der Waals surface area (Å²) in [6, 6.07) is 7.32. The first kappa shape index (κ1) is 14.4. The van der Waals surface area contributed by atoms with Gasteiger partial charge >= 0.3 is 6.03 Å². The maximum Gasteiger partial charge on any atom is 0.321 e. The predicted molar refractivity (Wildman–Crippen MR) is 78.8 cm³/mol. The van der Waals surface area contributed by atoms with Crippen molar-refractivity contribution in [2.75, 3.05) is 18.0 Å². The van der Waals surface area contributed by atoms with Crippen LogP contribution >= 0.6 is 0 Å². The fraction of sp³-hybridized carbons (Fsp3) is 0.467. The number of imide groups is 1. The molecule has 2 N–H and O–H groups in total. The van der Waals surface area contributed by atoms with Crippen LogP contribution in [0, 0.1) is 0 Å². The third-order valence-corrected chi connectivity index (χ3v) is 3.57. The number of amides is 3. The highest BCUT2D eigenvalue weighted by atomic mass is 16.2. The molecule has 0 spiro atoms. The molecule has 0 saturated heterocycles. The van der Waals surface area contributed by atoms with Gasteiger partial charge in [-0.2, -0.15) is 0 Å². The fourth-order valence-corrected chi connectivity index (χ4v) is 2.53. The normalized spacial score (nSPS) is 15.2. The van der Waals surface area contributed by atoms with Gasteiger partial charge in [-0.1, -0.05) is 18.2 Å². The molecule has 0 bridgehead atoms. The van der Waals surface area contributed by atoms with Gasteiger partial charge in [0.05, 0.1) is 0 Å². The second kappa shape index (κ2) is 6.41. The van der Waals surface area contributed by atoms with Crippen molar-refractivity contribution in [3.05, 3.63) is 29.8 Å². The Kier molecular flexibility index (Phi) is 4.61. The van der Waals surface area contributed by atoms with Crippen molar-refractivity contribution in [3.8, 4) is 0 Å². The van der Waals surface area contributed by atoms with E-state index in [9.17, 15) is 9.59 Å². The van der Waals surface area contributed by atoms with Crippen LogP contribution in [0.5, 0.6) is 0 Å². The van der Waals surface area contributed by atoms with Gasteiger partial charge in [0.2, 0.25) is 5.91 Å². The van der Waals surface area contributed by atoms with Crippen molar-refractivity contribution in [1.29, 1.82) is 0 Å². The van der Waals surface area contributed by atoms with E-state index in [-0.39, 0.29) is 11.9 Å². The molecule has 1 aliphatic rings. The quantitative estimate of drug-likeness (QED) is 0.882. The summed E-state index contributed by atoms with van der Waals surface area (Å²) in [4.78, 5) is 25.6. The third kappa shape index (κ3) is 3.10. The van der Waals surface area contributed by atoms with E-state index in [0.717, 1.165) is 25.1 Å². The topological polar surface area (TPSA) is 61.4 Å². The van der Waals surface area contributed by atoms with Gasteiger partial charge in [-0.05, 0) is 38.3 Å². The molecule has 1 atom stereocenters. The monoisotopic (exact) mass is 275 g/mol. The maximum absolute atomic E-state index is 12.1. The van der Waals surface area contributed by atoms with E-state index >= 15 is 0 Å². The number of fused-ring (bicyclic) bond motifs is 1. The van der Waals surface area contributed by atoms with Crippen LogP contribution in [0.15, 0.2) is 24.3 Å². The minimum absolute atomic E-state index is 0.271. The lowest BCUT2D eigenvalue weighted by Crippen LogP contribution is -2.51. The summed E-state index contributed by atoms with van der Waals surface area (Å²) in [6.45, 7) is 4.98. The number of urea groups is 1. The van der Waals surface area contributed by atoms with Gasteiger partial charge in [0, 0.05) is 18.8 Å². The Labute approximate surface area is 119 Å². The number of hydrogen-bond acceptors (Lipinski definition) is 3.